The minimum absolute atomic E-state index is 0.291. The van der Waals surface area contributed by atoms with E-state index in [1.54, 1.807) is 0 Å². The van der Waals surface area contributed by atoms with Crippen molar-refractivity contribution in [1.29, 1.82) is 0 Å². The molecule has 0 radical (unpaired) electrons. The van der Waals surface area contributed by atoms with Gasteiger partial charge in [0.2, 0.25) is 0 Å². The number of ether oxygens (including phenoxy) is 1. The molecule has 10 heavy (non-hydrogen) atoms. The van der Waals surface area contributed by atoms with Crippen molar-refractivity contribution in [3.8, 4) is 0 Å². The van der Waals surface area contributed by atoms with E-state index in [0.29, 0.717) is 13.2 Å². The molecule has 2 N–H and O–H groups in total. The predicted molar refractivity (Wildman–Crippen MR) is 37.9 cm³/mol. The molecule has 0 aliphatic heterocycles. The van der Waals surface area contributed by atoms with E-state index in [1.807, 2.05) is 0 Å². The Morgan fingerprint density at radius 1 is 1.50 bits per heavy atom. The first-order valence-corrected chi connectivity index (χ1v) is 4.28. The summed E-state index contributed by atoms with van der Waals surface area (Å²) in [4.78, 5) is 0. The maximum absolute atomic E-state index is 10.6. The lowest BCUT2D eigenvalue weighted by Gasteiger charge is -2.02. The fourth-order valence-electron chi connectivity index (χ4n) is 0.350. The van der Waals surface area contributed by atoms with E-state index in [2.05, 4.69) is 14.2 Å². The maximum atomic E-state index is 10.6. The minimum atomic E-state index is -3.27. The highest BCUT2D eigenvalue weighted by Gasteiger charge is 2.02. The predicted octanol–water partition coefficient (Wildman–Crippen LogP) is -1.31. The summed E-state index contributed by atoms with van der Waals surface area (Å²) in [5.41, 5.74) is 0. The van der Waals surface area contributed by atoms with Crippen molar-refractivity contribution in [3.05, 3.63) is 0 Å². The largest absolute Gasteiger partial charge is 0.383 e. The summed E-state index contributed by atoms with van der Waals surface area (Å²) in [6.45, 7) is 0.667. The van der Waals surface area contributed by atoms with E-state index in [1.165, 1.54) is 14.2 Å². The van der Waals surface area contributed by atoms with Gasteiger partial charge in [0.1, 0.15) is 0 Å². The van der Waals surface area contributed by atoms with Crippen LogP contribution in [0.25, 0.3) is 0 Å². The molecule has 0 saturated carbocycles. The fraction of sp³-hybridized carbons (Fsp3) is 1.00. The average Bonchev–Trinajstić information content (AvgIpc) is 1.89. The zero-order valence-electron chi connectivity index (χ0n) is 6.05. The molecule has 0 saturated heterocycles. The summed E-state index contributed by atoms with van der Waals surface area (Å²) >= 11 is 0. The quantitative estimate of drug-likeness (QED) is 0.501. The normalized spacial score (nSPS) is 11.8. The van der Waals surface area contributed by atoms with E-state index in [9.17, 15) is 8.42 Å². The van der Waals surface area contributed by atoms with Crippen LogP contribution in [-0.2, 0) is 14.9 Å². The first kappa shape index (κ1) is 9.83. The van der Waals surface area contributed by atoms with E-state index in [-0.39, 0.29) is 0 Å². The van der Waals surface area contributed by atoms with Crippen LogP contribution in [0.4, 0.5) is 0 Å². The highest BCUT2D eigenvalue weighted by atomic mass is 32.2. The first-order chi connectivity index (χ1) is 4.62. The van der Waals surface area contributed by atoms with Crippen LogP contribution in [0.3, 0.4) is 0 Å². The third-order valence-electron chi connectivity index (χ3n) is 0.867. The van der Waals surface area contributed by atoms with Crippen LogP contribution in [0.2, 0.25) is 0 Å². The van der Waals surface area contributed by atoms with Crippen LogP contribution in [0.1, 0.15) is 0 Å². The van der Waals surface area contributed by atoms with Gasteiger partial charge < -0.3 is 4.74 Å². The van der Waals surface area contributed by atoms with Crippen molar-refractivity contribution in [3.63, 3.8) is 0 Å². The van der Waals surface area contributed by atoms with Crippen LogP contribution in [0, 0.1) is 0 Å². The van der Waals surface area contributed by atoms with Crippen LogP contribution >= 0.6 is 0 Å². The van der Waals surface area contributed by atoms with Crippen molar-refractivity contribution in [1.82, 2.24) is 9.44 Å². The van der Waals surface area contributed by atoms with Gasteiger partial charge in [-0.25, -0.2) is 9.44 Å². The van der Waals surface area contributed by atoms with E-state index < -0.39 is 10.2 Å². The molecule has 0 aliphatic rings. The van der Waals surface area contributed by atoms with Crippen LogP contribution in [0.15, 0.2) is 0 Å². The van der Waals surface area contributed by atoms with Gasteiger partial charge in [-0.15, -0.1) is 0 Å². The lowest BCUT2D eigenvalue weighted by molar-refractivity contribution is 0.204. The van der Waals surface area contributed by atoms with Gasteiger partial charge in [0.05, 0.1) is 6.61 Å². The second-order valence-electron chi connectivity index (χ2n) is 1.59. The zero-order chi connectivity index (χ0) is 8.04. The standard InChI is InChI=1S/C4H12N2O3S/c1-5-10(7,8)6-3-4-9-2/h5-6H,3-4H2,1-2H3. The lowest BCUT2D eigenvalue weighted by Crippen LogP contribution is -2.35. The Morgan fingerprint density at radius 3 is 2.50 bits per heavy atom. The van der Waals surface area contributed by atoms with E-state index >= 15 is 0 Å². The molecule has 0 bridgehead atoms. The molecule has 0 atom stereocenters. The van der Waals surface area contributed by atoms with Gasteiger partial charge >= 0.3 is 0 Å². The van der Waals surface area contributed by atoms with E-state index in [0.717, 1.165) is 0 Å². The van der Waals surface area contributed by atoms with Crippen molar-refractivity contribution >= 4 is 10.2 Å². The fourth-order valence-corrected chi connectivity index (χ4v) is 0.847. The molecule has 0 aromatic carbocycles. The molecular formula is C4H12N2O3S. The Hall–Kier alpha value is -0.170. The molecule has 0 heterocycles. The third kappa shape index (κ3) is 4.68. The number of nitrogens with one attached hydrogen (secondary N) is 2. The van der Waals surface area contributed by atoms with Crippen LogP contribution < -0.4 is 9.44 Å². The Balaban J connectivity index is 3.49. The molecule has 0 aliphatic carbocycles. The summed E-state index contributed by atoms with van der Waals surface area (Å²) in [6.07, 6.45) is 0. The van der Waals surface area contributed by atoms with Crippen molar-refractivity contribution < 1.29 is 13.2 Å². The summed E-state index contributed by atoms with van der Waals surface area (Å²) in [7, 11) is -0.422. The second kappa shape index (κ2) is 4.62. The molecule has 5 nitrogen and oxygen atoms in total. The van der Waals surface area contributed by atoms with Crippen molar-refractivity contribution in [2.45, 2.75) is 0 Å². The summed E-state index contributed by atoms with van der Waals surface area (Å²) in [5, 5.41) is 0. The number of rotatable bonds is 5. The molecule has 6 heteroatoms. The Kier molecular flexibility index (Phi) is 4.54. The van der Waals surface area contributed by atoms with Gasteiger partial charge in [-0.3, -0.25) is 0 Å². The number of methoxy groups -OCH3 is 1. The Morgan fingerprint density at radius 2 is 2.10 bits per heavy atom. The van der Waals surface area contributed by atoms with Crippen molar-refractivity contribution in [2.24, 2.45) is 0 Å². The summed E-state index contributed by atoms with van der Waals surface area (Å²) < 4.78 is 30.2. The molecule has 0 amide bonds. The number of hydrogen-bond acceptors (Lipinski definition) is 3. The summed E-state index contributed by atoms with van der Waals surface area (Å²) in [5.74, 6) is 0. The highest BCUT2D eigenvalue weighted by molar-refractivity contribution is 7.87. The Bertz CT molecular complexity index is 165. The molecular weight excluding hydrogens is 156 g/mol. The average molecular weight is 168 g/mol. The van der Waals surface area contributed by atoms with Gasteiger partial charge in [-0.2, -0.15) is 8.42 Å². The molecule has 0 fully saturated rings. The monoisotopic (exact) mass is 168 g/mol. The molecule has 0 aromatic heterocycles. The minimum Gasteiger partial charge on any atom is -0.383 e. The molecule has 0 aromatic rings. The van der Waals surface area contributed by atoms with Gasteiger partial charge in [-0.05, 0) is 0 Å². The molecule has 0 spiro atoms. The van der Waals surface area contributed by atoms with E-state index in [4.69, 9.17) is 0 Å². The smallest absolute Gasteiger partial charge is 0.276 e. The third-order valence-corrected chi connectivity index (χ3v) is 1.99. The van der Waals surface area contributed by atoms with Gasteiger partial charge in [0.15, 0.2) is 0 Å². The summed E-state index contributed by atoms with van der Waals surface area (Å²) in [6, 6.07) is 0. The van der Waals surface area contributed by atoms with Crippen LogP contribution in [0.5, 0.6) is 0 Å². The first-order valence-electron chi connectivity index (χ1n) is 2.79. The Labute approximate surface area is 60.9 Å². The van der Waals surface area contributed by atoms with Gasteiger partial charge in [0, 0.05) is 20.7 Å². The van der Waals surface area contributed by atoms with Crippen molar-refractivity contribution in [2.75, 3.05) is 27.3 Å². The maximum Gasteiger partial charge on any atom is 0.276 e. The SMILES string of the molecule is CNS(=O)(=O)NCCOC. The molecule has 62 valence electrons. The molecule has 0 rings (SSSR count). The zero-order valence-corrected chi connectivity index (χ0v) is 6.86. The highest BCUT2D eigenvalue weighted by Crippen LogP contribution is 1.72. The lowest BCUT2D eigenvalue weighted by atomic mass is 10.7. The van der Waals surface area contributed by atoms with Gasteiger partial charge in [-0.1, -0.05) is 0 Å². The van der Waals surface area contributed by atoms with Crippen LogP contribution in [-0.4, -0.2) is 35.7 Å². The topological polar surface area (TPSA) is 67.4 Å². The second-order valence-corrected chi connectivity index (χ2v) is 3.30. The number of hydrogen-bond donors (Lipinski definition) is 2. The molecule has 0 unspecified atom stereocenters. The van der Waals surface area contributed by atoms with Gasteiger partial charge in [0.25, 0.3) is 10.2 Å².